The summed E-state index contributed by atoms with van der Waals surface area (Å²) in [6, 6.07) is 0. The van der Waals surface area contributed by atoms with Crippen molar-refractivity contribution >= 4 is 11.8 Å². The van der Waals surface area contributed by atoms with Crippen LogP contribution in [0.1, 0.15) is 34.1 Å². The van der Waals surface area contributed by atoms with E-state index in [-0.39, 0.29) is 0 Å². The Bertz CT molecular complexity index is 112. The van der Waals surface area contributed by atoms with Gasteiger partial charge in [0.05, 0.1) is 0 Å². The molecule has 0 radical (unpaired) electrons. The van der Waals surface area contributed by atoms with E-state index < -0.39 is 0 Å². The van der Waals surface area contributed by atoms with E-state index in [0.717, 1.165) is 0 Å². The molecule has 0 bridgehead atoms. The van der Waals surface area contributed by atoms with Gasteiger partial charge >= 0.3 is 0 Å². The maximum absolute atomic E-state index is 2.42. The summed E-state index contributed by atoms with van der Waals surface area (Å²) in [6.45, 7) is 11.2. The molecule has 0 unspecified atom stereocenters. The molecule has 1 aliphatic heterocycles. The molecule has 0 aromatic heterocycles. The molecule has 0 spiro atoms. The quantitative estimate of drug-likeness (QED) is 0.576. The third-order valence-electron chi connectivity index (χ3n) is 2.06. The van der Waals surface area contributed by atoms with E-state index >= 15 is 0 Å². The molecule has 0 saturated carbocycles. The topological polar surface area (TPSA) is 3.24 Å². The number of nitrogens with zero attached hydrogens (tertiary/aromatic N) is 1. The SMILES string of the molecule is CC.CN1CCSC(C)(C)CC1. The van der Waals surface area contributed by atoms with E-state index in [1.165, 1.54) is 25.3 Å². The van der Waals surface area contributed by atoms with Crippen LogP contribution in [0.2, 0.25) is 0 Å². The van der Waals surface area contributed by atoms with Crippen LogP contribution in [0.15, 0.2) is 0 Å². The van der Waals surface area contributed by atoms with Crippen LogP contribution in [-0.4, -0.2) is 35.5 Å². The second-order valence-electron chi connectivity index (χ2n) is 3.66. The number of hydrogen-bond donors (Lipinski definition) is 0. The average Bonchev–Trinajstić information content (AvgIpc) is 2.17. The Morgan fingerprint density at radius 2 is 1.75 bits per heavy atom. The minimum Gasteiger partial charge on any atom is -0.305 e. The van der Waals surface area contributed by atoms with Gasteiger partial charge in [0.2, 0.25) is 0 Å². The minimum absolute atomic E-state index is 0.519. The van der Waals surface area contributed by atoms with Gasteiger partial charge < -0.3 is 4.90 Å². The van der Waals surface area contributed by atoms with E-state index in [9.17, 15) is 0 Å². The van der Waals surface area contributed by atoms with Crippen LogP contribution < -0.4 is 0 Å². The van der Waals surface area contributed by atoms with Crippen LogP contribution in [0.25, 0.3) is 0 Å². The third kappa shape index (κ3) is 5.04. The fourth-order valence-corrected chi connectivity index (χ4v) is 2.31. The molecule has 1 fully saturated rings. The standard InChI is InChI=1S/C8H17NS.C2H6/c1-8(2)4-5-9(3)6-7-10-8;1-2/h4-7H2,1-3H3;1-2H3. The van der Waals surface area contributed by atoms with Gasteiger partial charge in [-0.05, 0) is 20.0 Å². The molecule has 74 valence electrons. The molecule has 1 heterocycles. The lowest BCUT2D eigenvalue weighted by atomic mass is 10.1. The summed E-state index contributed by atoms with van der Waals surface area (Å²) in [5.41, 5.74) is 0. The summed E-state index contributed by atoms with van der Waals surface area (Å²) < 4.78 is 0.519. The van der Waals surface area contributed by atoms with Crippen molar-refractivity contribution in [3.8, 4) is 0 Å². The predicted octanol–water partition coefficient (Wildman–Crippen LogP) is 2.86. The minimum atomic E-state index is 0.519. The lowest BCUT2D eigenvalue weighted by molar-refractivity contribution is 0.345. The summed E-state index contributed by atoms with van der Waals surface area (Å²) in [4.78, 5) is 2.42. The molecular weight excluding hydrogens is 166 g/mol. The van der Waals surface area contributed by atoms with Gasteiger partial charge in [-0.3, -0.25) is 0 Å². The maximum Gasteiger partial charge on any atom is 0.0116 e. The Morgan fingerprint density at radius 3 is 2.33 bits per heavy atom. The molecule has 0 amide bonds. The van der Waals surface area contributed by atoms with Crippen LogP contribution >= 0.6 is 11.8 Å². The largest absolute Gasteiger partial charge is 0.305 e. The first-order valence-electron chi connectivity index (χ1n) is 4.93. The smallest absolute Gasteiger partial charge is 0.0116 e. The zero-order valence-corrected chi connectivity index (χ0v) is 10.0. The predicted molar refractivity (Wildman–Crippen MR) is 60.0 cm³/mol. The molecule has 0 aromatic carbocycles. The molecule has 1 saturated heterocycles. The molecule has 0 aromatic rings. The van der Waals surface area contributed by atoms with Crippen LogP contribution in [-0.2, 0) is 0 Å². The molecular formula is C10H23NS. The van der Waals surface area contributed by atoms with Crippen LogP contribution in [0.3, 0.4) is 0 Å². The second kappa shape index (κ2) is 5.87. The van der Waals surface area contributed by atoms with Crippen molar-refractivity contribution in [1.82, 2.24) is 4.90 Å². The van der Waals surface area contributed by atoms with Gasteiger partial charge in [-0.15, -0.1) is 0 Å². The second-order valence-corrected chi connectivity index (χ2v) is 5.46. The Labute approximate surface area is 81.9 Å². The first-order valence-corrected chi connectivity index (χ1v) is 5.91. The monoisotopic (exact) mass is 189 g/mol. The van der Waals surface area contributed by atoms with E-state index in [4.69, 9.17) is 0 Å². The molecule has 1 aliphatic rings. The fourth-order valence-electron chi connectivity index (χ4n) is 1.12. The lowest BCUT2D eigenvalue weighted by Gasteiger charge is -2.20. The summed E-state index contributed by atoms with van der Waals surface area (Å²) in [5.74, 6) is 1.30. The normalized spacial score (nSPS) is 23.8. The average molecular weight is 189 g/mol. The van der Waals surface area contributed by atoms with Crippen LogP contribution in [0, 0.1) is 0 Å². The summed E-state index contributed by atoms with van der Waals surface area (Å²) in [7, 11) is 2.21. The number of rotatable bonds is 0. The van der Waals surface area contributed by atoms with Gasteiger partial charge in [-0.25, -0.2) is 0 Å². The first-order chi connectivity index (χ1) is 5.60. The first kappa shape index (κ1) is 12.3. The van der Waals surface area contributed by atoms with Crippen molar-refractivity contribution in [2.24, 2.45) is 0 Å². The highest BCUT2D eigenvalue weighted by molar-refractivity contribution is 8.00. The number of hydrogen-bond acceptors (Lipinski definition) is 2. The van der Waals surface area contributed by atoms with Gasteiger partial charge in [0.1, 0.15) is 0 Å². The fraction of sp³-hybridized carbons (Fsp3) is 1.00. The zero-order valence-electron chi connectivity index (χ0n) is 9.18. The Morgan fingerprint density at radius 1 is 1.17 bits per heavy atom. The van der Waals surface area contributed by atoms with Crippen molar-refractivity contribution in [2.45, 2.75) is 38.9 Å². The Kier molecular flexibility index (Phi) is 6.02. The molecule has 0 aliphatic carbocycles. The molecule has 12 heavy (non-hydrogen) atoms. The van der Waals surface area contributed by atoms with E-state index in [1.807, 2.05) is 13.8 Å². The van der Waals surface area contributed by atoms with Gasteiger partial charge in [0.15, 0.2) is 0 Å². The van der Waals surface area contributed by atoms with Gasteiger partial charge in [0, 0.05) is 17.0 Å². The highest BCUT2D eigenvalue weighted by Gasteiger charge is 2.21. The van der Waals surface area contributed by atoms with Gasteiger partial charge in [-0.1, -0.05) is 27.7 Å². The van der Waals surface area contributed by atoms with E-state index in [1.54, 1.807) is 0 Å². The van der Waals surface area contributed by atoms with E-state index in [2.05, 4.69) is 37.6 Å². The summed E-state index contributed by atoms with van der Waals surface area (Å²) in [5, 5.41) is 0. The molecule has 2 heteroatoms. The Hall–Kier alpha value is 0.310. The van der Waals surface area contributed by atoms with E-state index in [0.29, 0.717) is 4.75 Å². The van der Waals surface area contributed by atoms with Crippen LogP contribution in [0.5, 0.6) is 0 Å². The molecule has 0 N–H and O–H groups in total. The van der Waals surface area contributed by atoms with Crippen molar-refractivity contribution in [3.05, 3.63) is 0 Å². The lowest BCUT2D eigenvalue weighted by Crippen LogP contribution is -2.22. The number of thioether (sulfide) groups is 1. The molecule has 1 nitrogen and oxygen atoms in total. The highest BCUT2D eigenvalue weighted by atomic mass is 32.2. The maximum atomic E-state index is 2.42. The van der Waals surface area contributed by atoms with Crippen LogP contribution in [0.4, 0.5) is 0 Å². The third-order valence-corrected chi connectivity index (χ3v) is 3.43. The van der Waals surface area contributed by atoms with Crippen molar-refractivity contribution in [3.63, 3.8) is 0 Å². The molecule has 0 atom stereocenters. The van der Waals surface area contributed by atoms with Crippen molar-refractivity contribution in [2.75, 3.05) is 25.9 Å². The van der Waals surface area contributed by atoms with Crippen molar-refractivity contribution < 1.29 is 0 Å². The zero-order chi connectivity index (χ0) is 9.61. The molecule has 1 rings (SSSR count). The van der Waals surface area contributed by atoms with Crippen molar-refractivity contribution in [1.29, 1.82) is 0 Å². The summed E-state index contributed by atoms with van der Waals surface area (Å²) in [6.07, 6.45) is 1.33. The van der Waals surface area contributed by atoms with Gasteiger partial charge in [-0.2, -0.15) is 11.8 Å². The highest BCUT2D eigenvalue weighted by Crippen LogP contribution is 2.29. The summed E-state index contributed by atoms with van der Waals surface area (Å²) >= 11 is 2.10. The van der Waals surface area contributed by atoms with Gasteiger partial charge in [0.25, 0.3) is 0 Å². The Balaban J connectivity index is 0.000000561.